The summed E-state index contributed by atoms with van der Waals surface area (Å²) in [5, 5.41) is 0.506. The Kier molecular flexibility index (Phi) is 5.95. The molecule has 1 atom stereocenters. The standard InChI is InChI=1S/C22H25ClN2O3S/c23-19-8-10-20(11-9-19)29(27,28)24-15-12-18(13-16-24)22(26)25-14-4-7-21(25)17-5-2-1-3-6-17/h1-3,5-6,8-11,18,21H,4,7,12-16H2/t21-/m1/s1. The van der Waals surface area contributed by atoms with Crippen molar-refractivity contribution < 1.29 is 13.2 Å². The smallest absolute Gasteiger partial charge is 0.243 e. The molecule has 0 spiro atoms. The van der Waals surface area contributed by atoms with Gasteiger partial charge in [-0.1, -0.05) is 41.9 Å². The number of nitrogens with zero attached hydrogens (tertiary/aromatic N) is 2. The van der Waals surface area contributed by atoms with Gasteiger partial charge in [-0.05, 0) is 55.5 Å². The van der Waals surface area contributed by atoms with Crippen molar-refractivity contribution in [3.8, 4) is 0 Å². The minimum absolute atomic E-state index is 0.115. The Morgan fingerprint density at radius 2 is 1.55 bits per heavy atom. The lowest BCUT2D eigenvalue weighted by molar-refractivity contribution is -0.137. The lowest BCUT2D eigenvalue weighted by Crippen LogP contribution is -2.44. The van der Waals surface area contributed by atoms with E-state index in [4.69, 9.17) is 11.6 Å². The van der Waals surface area contributed by atoms with Gasteiger partial charge in [0.1, 0.15) is 0 Å². The Bertz CT molecular complexity index is 955. The molecule has 5 nitrogen and oxygen atoms in total. The summed E-state index contributed by atoms with van der Waals surface area (Å²) in [5.74, 6) is 0.0517. The molecule has 2 fully saturated rings. The first-order chi connectivity index (χ1) is 14.0. The second-order valence-electron chi connectivity index (χ2n) is 7.73. The van der Waals surface area contributed by atoms with Crippen LogP contribution in [0.4, 0.5) is 0 Å². The van der Waals surface area contributed by atoms with Gasteiger partial charge in [-0.15, -0.1) is 0 Å². The highest BCUT2D eigenvalue weighted by atomic mass is 35.5. The van der Waals surface area contributed by atoms with E-state index in [1.165, 1.54) is 22.0 Å². The number of carbonyl (C=O) groups excluding carboxylic acids is 1. The number of amides is 1. The van der Waals surface area contributed by atoms with Crippen LogP contribution in [0.25, 0.3) is 0 Å². The van der Waals surface area contributed by atoms with E-state index in [9.17, 15) is 13.2 Å². The molecule has 0 N–H and O–H groups in total. The van der Waals surface area contributed by atoms with E-state index in [-0.39, 0.29) is 22.8 Å². The lowest BCUT2D eigenvalue weighted by Gasteiger charge is -2.34. The monoisotopic (exact) mass is 432 g/mol. The van der Waals surface area contributed by atoms with Crippen LogP contribution in [0.15, 0.2) is 59.5 Å². The van der Waals surface area contributed by atoms with Gasteiger partial charge in [-0.3, -0.25) is 4.79 Å². The normalized spacial score (nSPS) is 21.4. The van der Waals surface area contributed by atoms with Crippen molar-refractivity contribution in [2.75, 3.05) is 19.6 Å². The minimum Gasteiger partial charge on any atom is -0.335 e. The van der Waals surface area contributed by atoms with Crippen molar-refractivity contribution in [2.24, 2.45) is 5.92 Å². The molecule has 0 radical (unpaired) electrons. The molecule has 2 saturated heterocycles. The molecule has 2 aliphatic rings. The third kappa shape index (κ3) is 4.20. The second kappa shape index (κ2) is 8.46. The summed E-state index contributed by atoms with van der Waals surface area (Å²) >= 11 is 5.87. The number of rotatable bonds is 4. The average molecular weight is 433 g/mol. The van der Waals surface area contributed by atoms with E-state index < -0.39 is 10.0 Å². The zero-order valence-electron chi connectivity index (χ0n) is 16.2. The van der Waals surface area contributed by atoms with E-state index in [1.807, 2.05) is 23.1 Å². The highest BCUT2D eigenvalue weighted by Gasteiger charge is 2.37. The summed E-state index contributed by atoms with van der Waals surface area (Å²) < 4.78 is 27.2. The fraction of sp³-hybridized carbons (Fsp3) is 0.409. The Balaban J connectivity index is 1.41. The van der Waals surface area contributed by atoms with Crippen LogP contribution in [0.5, 0.6) is 0 Å². The highest BCUT2D eigenvalue weighted by molar-refractivity contribution is 7.89. The van der Waals surface area contributed by atoms with Gasteiger partial charge in [0.2, 0.25) is 15.9 Å². The summed E-state index contributed by atoms with van der Waals surface area (Å²) in [6, 6.07) is 16.5. The molecular weight excluding hydrogens is 408 g/mol. The molecule has 2 heterocycles. The van der Waals surface area contributed by atoms with E-state index >= 15 is 0 Å². The molecule has 2 aromatic rings. The van der Waals surface area contributed by atoms with Gasteiger partial charge in [0.25, 0.3) is 0 Å². The third-order valence-electron chi connectivity index (χ3n) is 5.97. The first-order valence-electron chi connectivity index (χ1n) is 10.1. The van der Waals surface area contributed by atoms with Crippen molar-refractivity contribution >= 4 is 27.5 Å². The van der Waals surface area contributed by atoms with Gasteiger partial charge in [0, 0.05) is 30.6 Å². The molecule has 1 amide bonds. The number of carbonyl (C=O) groups is 1. The fourth-order valence-electron chi connectivity index (χ4n) is 4.39. The van der Waals surface area contributed by atoms with Gasteiger partial charge >= 0.3 is 0 Å². The summed E-state index contributed by atoms with van der Waals surface area (Å²) in [5.41, 5.74) is 1.18. The molecule has 29 heavy (non-hydrogen) atoms. The van der Waals surface area contributed by atoms with E-state index in [0.29, 0.717) is 31.0 Å². The van der Waals surface area contributed by atoms with Crippen molar-refractivity contribution in [1.82, 2.24) is 9.21 Å². The van der Waals surface area contributed by atoms with Crippen LogP contribution in [0.1, 0.15) is 37.3 Å². The Hall–Kier alpha value is -1.89. The van der Waals surface area contributed by atoms with E-state index in [1.54, 1.807) is 12.1 Å². The Morgan fingerprint density at radius 3 is 2.21 bits per heavy atom. The van der Waals surface area contributed by atoms with Crippen molar-refractivity contribution in [3.63, 3.8) is 0 Å². The third-order valence-corrected chi connectivity index (χ3v) is 8.14. The van der Waals surface area contributed by atoms with Gasteiger partial charge in [0.15, 0.2) is 0 Å². The highest BCUT2D eigenvalue weighted by Crippen LogP contribution is 2.35. The fourth-order valence-corrected chi connectivity index (χ4v) is 5.98. The molecular formula is C22H25ClN2O3S. The van der Waals surface area contributed by atoms with Crippen LogP contribution in [0, 0.1) is 5.92 Å². The van der Waals surface area contributed by atoms with Crippen LogP contribution < -0.4 is 0 Å². The van der Waals surface area contributed by atoms with E-state index in [2.05, 4.69) is 12.1 Å². The quantitative estimate of drug-likeness (QED) is 0.730. The van der Waals surface area contributed by atoms with Crippen LogP contribution in [0.2, 0.25) is 5.02 Å². The molecule has 4 rings (SSSR count). The van der Waals surface area contributed by atoms with Gasteiger partial charge in [-0.25, -0.2) is 8.42 Å². The predicted molar refractivity (Wildman–Crippen MR) is 113 cm³/mol. The first kappa shape index (κ1) is 20.4. The molecule has 2 aliphatic heterocycles. The van der Waals surface area contributed by atoms with Crippen molar-refractivity contribution in [1.29, 1.82) is 0 Å². The zero-order chi connectivity index (χ0) is 20.4. The lowest BCUT2D eigenvalue weighted by atomic mass is 9.95. The number of sulfonamides is 1. The molecule has 0 aromatic heterocycles. The number of hydrogen-bond acceptors (Lipinski definition) is 3. The largest absolute Gasteiger partial charge is 0.335 e. The Labute approximate surface area is 177 Å². The number of piperidine rings is 1. The van der Waals surface area contributed by atoms with Crippen molar-refractivity contribution in [2.45, 2.75) is 36.6 Å². The number of likely N-dealkylation sites (tertiary alicyclic amines) is 1. The van der Waals surface area contributed by atoms with Gasteiger partial charge < -0.3 is 4.90 Å². The van der Waals surface area contributed by atoms with Crippen LogP contribution in [0.3, 0.4) is 0 Å². The maximum atomic E-state index is 13.2. The Morgan fingerprint density at radius 1 is 0.897 bits per heavy atom. The van der Waals surface area contributed by atoms with Gasteiger partial charge in [-0.2, -0.15) is 4.31 Å². The molecule has 0 saturated carbocycles. The second-order valence-corrected chi connectivity index (χ2v) is 10.1. The van der Waals surface area contributed by atoms with Crippen LogP contribution in [-0.2, 0) is 14.8 Å². The number of halogens is 1. The molecule has 7 heteroatoms. The number of benzene rings is 2. The zero-order valence-corrected chi connectivity index (χ0v) is 17.8. The maximum absolute atomic E-state index is 13.2. The van der Waals surface area contributed by atoms with Gasteiger partial charge in [0.05, 0.1) is 10.9 Å². The summed E-state index contributed by atoms with van der Waals surface area (Å²) in [6.45, 7) is 1.51. The minimum atomic E-state index is -3.55. The first-order valence-corrected chi connectivity index (χ1v) is 11.9. The van der Waals surface area contributed by atoms with Crippen LogP contribution in [-0.4, -0.2) is 43.2 Å². The topological polar surface area (TPSA) is 57.7 Å². The molecule has 2 aromatic carbocycles. The predicted octanol–water partition coefficient (Wildman–Crippen LogP) is 4.10. The molecule has 0 bridgehead atoms. The summed E-state index contributed by atoms with van der Waals surface area (Å²) in [7, 11) is -3.55. The average Bonchev–Trinajstić information content (AvgIpc) is 3.24. The summed E-state index contributed by atoms with van der Waals surface area (Å²) in [4.78, 5) is 15.4. The SMILES string of the molecule is O=C(C1CCN(S(=O)(=O)c2ccc(Cl)cc2)CC1)N1CCC[C@@H]1c1ccccc1. The molecule has 0 unspecified atom stereocenters. The van der Waals surface area contributed by atoms with Crippen LogP contribution >= 0.6 is 11.6 Å². The molecule has 0 aliphatic carbocycles. The number of hydrogen-bond donors (Lipinski definition) is 0. The molecule has 154 valence electrons. The maximum Gasteiger partial charge on any atom is 0.243 e. The van der Waals surface area contributed by atoms with E-state index in [0.717, 1.165) is 19.4 Å². The summed E-state index contributed by atoms with van der Waals surface area (Å²) in [6.07, 6.45) is 3.11. The van der Waals surface area contributed by atoms with Crippen molar-refractivity contribution in [3.05, 3.63) is 65.2 Å².